The summed E-state index contributed by atoms with van der Waals surface area (Å²) in [5.74, 6) is 1.04. The summed E-state index contributed by atoms with van der Waals surface area (Å²) in [5, 5.41) is 3.40. The molecule has 1 aliphatic rings. The third-order valence-corrected chi connectivity index (χ3v) is 3.66. The Morgan fingerprint density at radius 2 is 2.10 bits per heavy atom. The van der Waals surface area contributed by atoms with Crippen LogP contribution in [0, 0.1) is 6.92 Å². The molecule has 3 N–H and O–H groups in total. The molecule has 3 nitrogen and oxygen atoms in total. The first-order valence-corrected chi connectivity index (χ1v) is 7.07. The van der Waals surface area contributed by atoms with Gasteiger partial charge in [-0.3, -0.25) is 0 Å². The zero-order valence-electron chi connectivity index (χ0n) is 11.8. The number of hydrogen-bond donors (Lipinski definition) is 2. The lowest BCUT2D eigenvalue weighted by atomic mass is 10.0. The Hall–Kier alpha value is -2.16. The van der Waals surface area contributed by atoms with Gasteiger partial charge < -0.3 is 15.8 Å². The Morgan fingerprint density at radius 1 is 1.20 bits per heavy atom. The summed E-state index contributed by atoms with van der Waals surface area (Å²) < 4.78 is 5.63. The van der Waals surface area contributed by atoms with Crippen molar-refractivity contribution in [1.29, 1.82) is 0 Å². The van der Waals surface area contributed by atoms with Crippen molar-refractivity contribution in [3.63, 3.8) is 0 Å². The molecule has 104 valence electrons. The van der Waals surface area contributed by atoms with Crippen LogP contribution in [0.4, 0.5) is 11.4 Å². The first-order valence-electron chi connectivity index (χ1n) is 7.07. The van der Waals surface area contributed by atoms with Crippen molar-refractivity contribution in [1.82, 2.24) is 0 Å². The van der Waals surface area contributed by atoms with E-state index in [0.717, 1.165) is 43.1 Å². The van der Waals surface area contributed by atoms with Crippen molar-refractivity contribution >= 4 is 11.4 Å². The Morgan fingerprint density at radius 3 is 2.95 bits per heavy atom. The predicted octanol–water partition coefficient (Wildman–Crippen LogP) is 3.51. The number of nitrogen functional groups attached to an aromatic ring is 1. The van der Waals surface area contributed by atoms with Gasteiger partial charge in [0, 0.05) is 6.54 Å². The summed E-state index contributed by atoms with van der Waals surface area (Å²) in [7, 11) is 0. The van der Waals surface area contributed by atoms with Gasteiger partial charge in [-0.25, -0.2) is 0 Å². The highest BCUT2D eigenvalue weighted by molar-refractivity contribution is 5.67. The number of benzene rings is 2. The van der Waals surface area contributed by atoms with Crippen molar-refractivity contribution in [3.8, 4) is 5.75 Å². The van der Waals surface area contributed by atoms with E-state index >= 15 is 0 Å². The quantitative estimate of drug-likeness (QED) is 0.837. The maximum absolute atomic E-state index is 6.01. The molecule has 2 aromatic rings. The fraction of sp³-hybridized carbons (Fsp3) is 0.294. The lowest BCUT2D eigenvalue weighted by molar-refractivity contribution is 0.288. The van der Waals surface area contributed by atoms with Crippen molar-refractivity contribution in [2.45, 2.75) is 26.3 Å². The van der Waals surface area contributed by atoms with E-state index in [1.165, 1.54) is 16.7 Å². The number of hydrogen-bond acceptors (Lipinski definition) is 3. The van der Waals surface area contributed by atoms with E-state index in [9.17, 15) is 0 Å². The Balaban J connectivity index is 1.72. The van der Waals surface area contributed by atoms with E-state index in [-0.39, 0.29) is 0 Å². The smallest absolute Gasteiger partial charge is 0.122 e. The van der Waals surface area contributed by atoms with Crippen LogP contribution in [-0.4, -0.2) is 6.61 Å². The SMILES string of the molecule is Cc1ccc(NCc2ccc3c(c2)CCCO3)c(N)c1. The third kappa shape index (κ3) is 2.72. The average Bonchev–Trinajstić information content (AvgIpc) is 2.46. The highest BCUT2D eigenvalue weighted by atomic mass is 16.5. The summed E-state index contributed by atoms with van der Waals surface area (Å²) in [6, 6.07) is 12.5. The van der Waals surface area contributed by atoms with Crippen LogP contribution in [0.1, 0.15) is 23.1 Å². The third-order valence-electron chi connectivity index (χ3n) is 3.66. The van der Waals surface area contributed by atoms with Gasteiger partial charge in [-0.05, 0) is 54.7 Å². The van der Waals surface area contributed by atoms with Gasteiger partial charge in [0.1, 0.15) is 5.75 Å². The fourth-order valence-electron chi connectivity index (χ4n) is 2.56. The fourth-order valence-corrected chi connectivity index (χ4v) is 2.56. The van der Waals surface area contributed by atoms with E-state index in [0.29, 0.717) is 0 Å². The number of fused-ring (bicyclic) bond motifs is 1. The summed E-state index contributed by atoms with van der Waals surface area (Å²) in [6.45, 7) is 3.66. The van der Waals surface area contributed by atoms with Gasteiger partial charge in [-0.2, -0.15) is 0 Å². The van der Waals surface area contributed by atoms with Crippen molar-refractivity contribution < 1.29 is 4.74 Å². The molecule has 20 heavy (non-hydrogen) atoms. The van der Waals surface area contributed by atoms with Crippen LogP contribution < -0.4 is 15.8 Å². The highest BCUT2D eigenvalue weighted by Crippen LogP contribution is 2.26. The van der Waals surface area contributed by atoms with Crippen LogP contribution in [0.5, 0.6) is 5.75 Å². The Bertz CT molecular complexity index is 622. The number of nitrogens with one attached hydrogen (secondary N) is 1. The molecule has 0 amide bonds. The van der Waals surface area contributed by atoms with Gasteiger partial charge in [0.25, 0.3) is 0 Å². The number of anilines is 2. The van der Waals surface area contributed by atoms with Crippen molar-refractivity contribution in [3.05, 3.63) is 53.1 Å². The number of aryl methyl sites for hydroxylation is 2. The number of rotatable bonds is 3. The minimum absolute atomic E-state index is 0.778. The molecular weight excluding hydrogens is 248 g/mol. The predicted molar refractivity (Wildman–Crippen MR) is 83.2 cm³/mol. The molecule has 0 aromatic heterocycles. The maximum Gasteiger partial charge on any atom is 0.122 e. The van der Waals surface area contributed by atoms with Gasteiger partial charge in [0.2, 0.25) is 0 Å². The van der Waals surface area contributed by atoms with Crippen LogP contribution in [0.3, 0.4) is 0 Å². The molecule has 0 aliphatic carbocycles. The minimum Gasteiger partial charge on any atom is -0.493 e. The van der Waals surface area contributed by atoms with Crippen LogP contribution in [0.15, 0.2) is 36.4 Å². The van der Waals surface area contributed by atoms with Crippen LogP contribution in [-0.2, 0) is 13.0 Å². The molecule has 0 spiro atoms. The van der Waals surface area contributed by atoms with E-state index in [1.54, 1.807) is 0 Å². The monoisotopic (exact) mass is 268 g/mol. The standard InChI is InChI=1S/C17H20N2O/c1-12-4-6-16(15(18)9-12)19-11-13-5-7-17-14(10-13)3-2-8-20-17/h4-7,9-10,19H,2-3,8,11,18H2,1H3. The number of ether oxygens (including phenoxy) is 1. The first kappa shape index (κ1) is 12.9. The molecule has 0 saturated carbocycles. The zero-order valence-corrected chi connectivity index (χ0v) is 11.8. The van der Waals surface area contributed by atoms with E-state index < -0.39 is 0 Å². The minimum atomic E-state index is 0.778. The van der Waals surface area contributed by atoms with Crippen LogP contribution in [0.2, 0.25) is 0 Å². The molecule has 0 bridgehead atoms. The molecule has 1 heterocycles. The first-order chi connectivity index (χ1) is 9.72. The molecule has 0 atom stereocenters. The van der Waals surface area contributed by atoms with Gasteiger partial charge in [0.05, 0.1) is 18.0 Å². The van der Waals surface area contributed by atoms with Crippen molar-refractivity contribution in [2.75, 3.05) is 17.7 Å². The van der Waals surface area contributed by atoms with E-state index in [1.807, 2.05) is 19.1 Å². The largest absolute Gasteiger partial charge is 0.493 e. The topological polar surface area (TPSA) is 47.3 Å². The molecule has 3 rings (SSSR count). The van der Waals surface area contributed by atoms with Gasteiger partial charge in [-0.15, -0.1) is 0 Å². The lowest BCUT2D eigenvalue weighted by Gasteiger charge is -2.18. The molecule has 0 fully saturated rings. The second-order valence-electron chi connectivity index (χ2n) is 5.34. The highest BCUT2D eigenvalue weighted by Gasteiger charge is 2.10. The normalized spacial score (nSPS) is 13.4. The Labute approximate surface area is 119 Å². The van der Waals surface area contributed by atoms with E-state index in [2.05, 4.69) is 29.6 Å². The molecular formula is C17H20N2O. The summed E-state index contributed by atoms with van der Waals surface area (Å²) in [5.41, 5.74) is 11.6. The summed E-state index contributed by atoms with van der Waals surface area (Å²) >= 11 is 0. The van der Waals surface area contributed by atoms with Crippen LogP contribution >= 0.6 is 0 Å². The average molecular weight is 268 g/mol. The molecule has 3 heteroatoms. The lowest BCUT2D eigenvalue weighted by Crippen LogP contribution is -2.09. The van der Waals surface area contributed by atoms with Crippen LogP contribution in [0.25, 0.3) is 0 Å². The van der Waals surface area contributed by atoms with Gasteiger partial charge in [0.15, 0.2) is 0 Å². The zero-order chi connectivity index (χ0) is 13.9. The maximum atomic E-state index is 6.01. The van der Waals surface area contributed by atoms with Crippen molar-refractivity contribution in [2.24, 2.45) is 0 Å². The number of nitrogens with two attached hydrogens (primary N) is 1. The van der Waals surface area contributed by atoms with E-state index in [4.69, 9.17) is 10.5 Å². The molecule has 2 aromatic carbocycles. The Kier molecular flexibility index (Phi) is 3.50. The molecule has 0 radical (unpaired) electrons. The molecule has 1 aliphatic heterocycles. The van der Waals surface area contributed by atoms with Gasteiger partial charge in [-0.1, -0.05) is 18.2 Å². The van der Waals surface area contributed by atoms with Gasteiger partial charge >= 0.3 is 0 Å². The molecule has 0 unspecified atom stereocenters. The second-order valence-corrected chi connectivity index (χ2v) is 5.34. The summed E-state index contributed by atoms with van der Waals surface area (Å²) in [4.78, 5) is 0. The molecule has 0 saturated heterocycles. The second kappa shape index (κ2) is 5.45. The summed E-state index contributed by atoms with van der Waals surface area (Å²) in [6.07, 6.45) is 2.21.